The van der Waals surface area contributed by atoms with Crippen molar-refractivity contribution in [3.8, 4) is 5.82 Å². The minimum atomic E-state index is -0.500. The van der Waals surface area contributed by atoms with Crippen LogP contribution in [0, 0.1) is 6.92 Å². The van der Waals surface area contributed by atoms with E-state index in [9.17, 15) is 4.79 Å². The molecule has 3 N–H and O–H groups in total. The van der Waals surface area contributed by atoms with Crippen LogP contribution in [0.25, 0.3) is 16.7 Å². The van der Waals surface area contributed by atoms with E-state index in [1.807, 2.05) is 54.1 Å². The molecule has 0 radical (unpaired) electrons. The third-order valence-corrected chi connectivity index (χ3v) is 7.19. The number of para-hydroxylation sites is 1. The molecule has 3 heterocycles. The molecular weight excluding hydrogens is 466 g/mol. The van der Waals surface area contributed by atoms with E-state index in [-0.39, 0.29) is 5.56 Å². The van der Waals surface area contributed by atoms with Crippen LogP contribution in [0.5, 0.6) is 0 Å². The Bertz CT molecular complexity index is 1450. The van der Waals surface area contributed by atoms with Crippen LogP contribution in [0.3, 0.4) is 0 Å². The molecule has 2 aromatic heterocycles. The van der Waals surface area contributed by atoms with Gasteiger partial charge in [0.25, 0.3) is 0 Å². The SMILES string of the molecule is COC(=O)c1cnc(Nc2cc(N)c(N(C)C[C@H]3CCCN3C)cc2C)nc1-n1ccc2ccccc21. The third-order valence-electron chi connectivity index (χ3n) is 7.19. The summed E-state index contributed by atoms with van der Waals surface area (Å²) >= 11 is 0. The summed E-state index contributed by atoms with van der Waals surface area (Å²) in [5.41, 5.74) is 11.2. The third kappa shape index (κ3) is 4.82. The van der Waals surface area contributed by atoms with Gasteiger partial charge in [-0.1, -0.05) is 18.2 Å². The lowest BCUT2D eigenvalue weighted by Crippen LogP contribution is -2.36. The van der Waals surface area contributed by atoms with Gasteiger partial charge < -0.3 is 30.2 Å². The van der Waals surface area contributed by atoms with Gasteiger partial charge in [0.15, 0.2) is 5.82 Å². The van der Waals surface area contributed by atoms with Gasteiger partial charge in [0.2, 0.25) is 5.95 Å². The van der Waals surface area contributed by atoms with Crippen molar-refractivity contribution < 1.29 is 9.53 Å². The first-order chi connectivity index (χ1) is 17.9. The number of rotatable bonds is 7. The molecule has 1 saturated heterocycles. The molecule has 1 aliphatic heterocycles. The standard InChI is InChI=1S/C28H33N7O2/c1-18-14-25(34(3)17-20-9-7-12-33(20)2)22(29)15-23(18)31-28-30-16-21(27(36)37-4)26(32-28)35-13-11-19-8-5-6-10-24(19)35/h5-6,8,10-11,13-16,20H,7,9,12,17,29H2,1-4H3,(H,30,31,32)/t20-/m1/s1. The Morgan fingerprint density at radius 2 is 2.08 bits per heavy atom. The molecule has 9 heteroatoms. The summed E-state index contributed by atoms with van der Waals surface area (Å²) in [6.07, 6.45) is 5.82. The molecule has 2 aromatic carbocycles. The molecule has 9 nitrogen and oxygen atoms in total. The maximum Gasteiger partial charge on any atom is 0.343 e. The van der Waals surface area contributed by atoms with Crippen molar-refractivity contribution in [1.29, 1.82) is 0 Å². The number of anilines is 4. The quantitative estimate of drug-likeness (QED) is 0.286. The number of nitrogens with two attached hydrogens (primary N) is 1. The highest BCUT2D eigenvalue weighted by atomic mass is 16.5. The molecular formula is C28H33N7O2. The number of benzene rings is 2. The van der Waals surface area contributed by atoms with Crippen LogP contribution in [-0.2, 0) is 4.74 Å². The van der Waals surface area contributed by atoms with Gasteiger partial charge in [0.05, 0.1) is 24.0 Å². The molecule has 1 atom stereocenters. The lowest BCUT2D eigenvalue weighted by Gasteiger charge is -2.29. The number of aryl methyl sites for hydroxylation is 1. The average molecular weight is 500 g/mol. The van der Waals surface area contributed by atoms with Crippen LogP contribution >= 0.6 is 0 Å². The lowest BCUT2D eigenvalue weighted by atomic mass is 10.1. The van der Waals surface area contributed by atoms with E-state index in [4.69, 9.17) is 15.5 Å². The second-order valence-corrected chi connectivity index (χ2v) is 9.68. The van der Waals surface area contributed by atoms with Crippen molar-refractivity contribution in [2.24, 2.45) is 0 Å². The van der Waals surface area contributed by atoms with E-state index in [1.54, 1.807) is 0 Å². The number of hydrogen-bond donors (Lipinski definition) is 2. The van der Waals surface area contributed by atoms with Crippen LogP contribution in [0.2, 0.25) is 0 Å². The van der Waals surface area contributed by atoms with E-state index >= 15 is 0 Å². The number of nitrogen functional groups attached to an aromatic ring is 1. The molecule has 0 saturated carbocycles. The van der Waals surface area contributed by atoms with E-state index in [0.717, 1.165) is 40.9 Å². The molecule has 1 aliphatic rings. The molecule has 192 valence electrons. The summed E-state index contributed by atoms with van der Waals surface area (Å²) < 4.78 is 6.86. The highest BCUT2D eigenvalue weighted by Crippen LogP contribution is 2.32. The Labute approximate surface area is 216 Å². The fourth-order valence-electron chi connectivity index (χ4n) is 5.06. The van der Waals surface area contributed by atoms with Crippen LogP contribution in [-0.4, -0.2) is 65.7 Å². The number of carbonyl (C=O) groups is 1. The second kappa shape index (κ2) is 10.1. The lowest BCUT2D eigenvalue weighted by molar-refractivity contribution is 0.0600. The van der Waals surface area contributed by atoms with Crippen molar-refractivity contribution in [2.75, 3.05) is 50.2 Å². The summed E-state index contributed by atoms with van der Waals surface area (Å²) in [5.74, 6) is 0.296. The fourth-order valence-corrected chi connectivity index (χ4v) is 5.06. The van der Waals surface area contributed by atoms with E-state index in [1.165, 1.54) is 26.1 Å². The van der Waals surface area contributed by atoms with Gasteiger partial charge in [-0.3, -0.25) is 0 Å². The Kier molecular flexibility index (Phi) is 6.71. The Balaban J connectivity index is 1.45. The van der Waals surface area contributed by atoms with Gasteiger partial charge in [0, 0.05) is 37.7 Å². The van der Waals surface area contributed by atoms with E-state index in [2.05, 4.69) is 40.3 Å². The molecule has 0 spiro atoms. The predicted molar refractivity (Wildman–Crippen MR) is 148 cm³/mol. The molecule has 0 unspecified atom stereocenters. The number of nitrogens with one attached hydrogen (secondary N) is 1. The molecule has 1 fully saturated rings. The minimum Gasteiger partial charge on any atom is -0.465 e. The molecule has 0 bridgehead atoms. The molecule has 37 heavy (non-hydrogen) atoms. The monoisotopic (exact) mass is 499 g/mol. The zero-order valence-electron chi connectivity index (χ0n) is 21.7. The van der Waals surface area contributed by atoms with Crippen LogP contribution in [0.4, 0.5) is 23.0 Å². The van der Waals surface area contributed by atoms with Gasteiger partial charge in [0.1, 0.15) is 5.56 Å². The number of likely N-dealkylation sites (tertiary alicyclic amines) is 1. The molecule has 4 aromatic rings. The summed E-state index contributed by atoms with van der Waals surface area (Å²) in [6.45, 7) is 4.11. The van der Waals surface area contributed by atoms with Crippen LogP contribution in [0.1, 0.15) is 28.8 Å². The minimum absolute atomic E-state index is 0.277. The maximum absolute atomic E-state index is 12.5. The number of nitrogens with zero attached hydrogens (tertiary/aromatic N) is 5. The summed E-state index contributed by atoms with van der Waals surface area (Å²) in [5, 5.41) is 4.34. The number of fused-ring (bicyclic) bond motifs is 1. The zero-order chi connectivity index (χ0) is 26.1. The zero-order valence-corrected chi connectivity index (χ0v) is 21.7. The van der Waals surface area contributed by atoms with Crippen LogP contribution < -0.4 is 16.0 Å². The second-order valence-electron chi connectivity index (χ2n) is 9.68. The smallest absolute Gasteiger partial charge is 0.343 e. The van der Waals surface area contributed by atoms with Crippen molar-refractivity contribution >= 4 is 39.9 Å². The Hall–Kier alpha value is -4.11. The molecule has 0 aliphatic carbocycles. The number of methoxy groups -OCH3 is 1. The van der Waals surface area contributed by atoms with Crippen molar-refractivity contribution in [3.05, 3.63) is 66.0 Å². The van der Waals surface area contributed by atoms with Crippen molar-refractivity contribution in [3.63, 3.8) is 0 Å². The number of carbonyl (C=O) groups excluding carboxylic acids is 1. The van der Waals surface area contributed by atoms with Crippen molar-refractivity contribution in [1.82, 2.24) is 19.4 Å². The highest BCUT2D eigenvalue weighted by Gasteiger charge is 2.23. The maximum atomic E-state index is 12.5. The largest absolute Gasteiger partial charge is 0.465 e. The number of esters is 1. The van der Waals surface area contributed by atoms with E-state index < -0.39 is 5.97 Å². The first kappa shape index (κ1) is 24.6. The number of aromatic nitrogens is 3. The highest BCUT2D eigenvalue weighted by molar-refractivity contribution is 5.94. The Morgan fingerprint density at radius 1 is 1.27 bits per heavy atom. The molecule has 5 rings (SSSR count). The summed E-state index contributed by atoms with van der Waals surface area (Å²) in [4.78, 5) is 26.3. The topological polar surface area (TPSA) is 102 Å². The Morgan fingerprint density at radius 3 is 2.84 bits per heavy atom. The first-order valence-electron chi connectivity index (χ1n) is 12.5. The van der Waals surface area contributed by atoms with Crippen molar-refractivity contribution in [2.45, 2.75) is 25.8 Å². The fraction of sp³-hybridized carbons (Fsp3) is 0.321. The van der Waals surface area contributed by atoms with E-state index in [0.29, 0.717) is 23.5 Å². The number of hydrogen-bond acceptors (Lipinski definition) is 8. The van der Waals surface area contributed by atoms with Gasteiger partial charge in [-0.2, -0.15) is 4.98 Å². The van der Waals surface area contributed by atoms with Gasteiger partial charge in [-0.25, -0.2) is 9.78 Å². The van der Waals surface area contributed by atoms with Gasteiger partial charge >= 0.3 is 5.97 Å². The van der Waals surface area contributed by atoms with Gasteiger partial charge in [-0.15, -0.1) is 0 Å². The van der Waals surface area contributed by atoms with Gasteiger partial charge in [-0.05, 0) is 68.6 Å². The average Bonchev–Trinajstić information content (AvgIpc) is 3.51. The number of ether oxygens (including phenoxy) is 1. The molecule has 0 amide bonds. The first-order valence-corrected chi connectivity index (χ1v) is 12.5. The van der Waals surface area contributed by atoms with Crippen LogP contribution in [0.15, 0.2) is 54.9 Å². The number of likely N-dealkylation sites (N-methyl/N-ethyl adjacent to an activating group) is 2. The predicted octanol–water partition coefficient (Wildman–Crippen LogP) is 4.37. The normalized spacial score (nSPS) is 15.7. The summed E-state index contributed by atoms with van der Waals surface area (Å²) in [7, 11) is 5.62. The summed E-state index contributed by atoms with van der Waals surface area (Å²) in [6, 6.07) is 14.4.